The summed E-state index contributed by atoms with van der Waals surface area (Å²) < 4.78 is 5.46. The lowest BCUT2D eigenvalue weighted by Crippen LogP contribution is -2.53. The van der Waals surface area contributed by atoms with E-state index in [1.54, 1.807) is 30.2 Å². The molecule has 0 radical (unpaired) electrons. The molecule has 3 aromatic rings. The Morgan fingerprint density at radius 2 is 2.03 bits per heavy atom. The van der Waals surface area contributed by atoms with Gasteiger partial charge in [-0.05, 0) is 74.9 Å². The van der Waals surface area contributed by atoms with Gasteiger partial charge in [0.1, 0.15) is 23.1 Å². The molecule has 5 rings (SSSR count). The second-order valence-electron chi connectivity index (χ2n) is 9.74. The zero-order valence-corrected chi connectivity index (χ0v) is 20.7. The first-order valence-electron chi connectivity index (χ1n) is 12.1. The largest absolute Gasteiger partial charge is 0.508 e. The number of ether oxygens (including phenoxy) is 1. The molecule has 0 spiro atoms. The number of nitrogens with one attached hydrogen (secondary N) is 1. The van der Waals surface area contributed by atoms with Crippen LogP contribution in [0.3, 0.4) is 0 Å². The molecule has 1 aromatic heterocycles. The van der Waals surface area contributed by atoms with Crippen LogP contribution < -0.4 is 4.74 Å². The van der Waals surface area contributed by atoms with Crippen molar-refractivity contribution in [2.24, 2.45) is 0 Å². The zero-order valence-electron chi connectivity index (χ0n) is 20.7. The quantitative estimate of drug-likeness (QED) is 0.505. The molecule has 2 N–H and O–H groups in total. The molecule has 184 valence electrons. The van der Waals surface area contributed by atoms with Gasteiger partial charge in [0.05, 0.1) is 7.11 Å². The number of phenolic OH excluding ortho intramolecular Hbond substituents is 1. The molecule has 0 aliphatic carbocycles. The molecule has 2 aromatic carbocycles. The van der Waals surface area contributed by atoms with Crippen molar-refractivity contribution in [1.82, 2.24) is 19.7 Å². The van der Waals surface area contributed by atoms with Gasteiger partial charge >= 0.3 is 6.03 Å². The normalized spacial score (nSPS) is 21.7. The van der Waals surface area contributed by atoms with Crippen LogP contribution in [0.4, 0.5) is 4.79 Å². The highest BCUT2D eigenvalue weighted by molar-refractivity contribution is 6.08. The van der Waals surface area contributed by atoms with Crippen LogP contribution in [0.5, 0.6) is 11.5 Å². The van der Waals surface area contributed by atoms with Gasteiger partial charge in [-0.25, -0.2) is 4.79 Å². The molecule has 8 nitrogen and oxygen atoms in total. The van der Waals surface area contributed by atoms with Crippen LogP contribution in [-0.4, -0.2) is 76.1 Å². The topological polar surface area (TPSA) is 89.1 Å². The second-order valence-corrected chi connectivity index (χ2v) is 9.74. The molecule has 3 amide bonds. The number of amides is 3. The number of aromatic nitrogens is 1. The van der Waals surface area contributed by atoms with E-state index in [0.29, 0.717) is 19.4 Å². The van der Waals surface area contributed by atoms with Gasteiger partial charge in [-0.15, -0.1) is 0 Å². The fourth-order valence-corrected chi connectivity index (χ4v) is 5.51. The summed E-state index contributed by atoms with van der Waals surface area (Å²) in [5.41, 5.74) is 2.51. The van der Waals surface area contributed by atoms with Gasteiger partial charge in [-0.3, -0.25) is 14.6 Å². The van der Waals surface area contributed by atoms with Gasteiger partial charge in [-0.1, -0.05) is 19.1 Å². The molecule has 8 heteroatoms. The van der Waals surface area contributed by atoms with Gasteiger partial charge < -0.3 is 19.7 Å². The van der Waals surface area contributed by atoms with Crippen LogP contribution in [0.15, 0.2) is 42.5 Å². The summed E-state index contributed by atoms with van der Waals surface area (Å²) in [6.45, 7) is 6.05. The highest BCUT2D eigenvalue weighted by Gasteiger charge is 2.60. The maximum Gasteiger partial charge on any atom is 0.328 e. The number of hydrogen-bond acceptors (Lipinski definition) is 5. The number of phenols is 1. The molecule has 2 aliphatic rings. The van der Waals surface area contributed by atoms with Crippen molar-refractivity contribution in [3.05, 3.63) is 59.3 Å². The van der Waals surface area contributed by atoms with Crippen LogP contribution in [0.1, 0.15) is 43.1 Å². The number of carbonyl (C=O) groups excluding carboxylic acids is 2. The number of nitrogens with zero attached hydrogens (tertiary/aromatic N) is 3. The van der Waals surface area contributed by atoms with Crippen LogP contribution >= 0.6 is 0 Å². The Morgan fingerprint density at radius 1 is 1.23 bits per heavy atom. The summed E-state index contributed by atoms with van der Waals surface area (Å²) in [4.78, 5) is 36.4. The van der Waals surface area contributed by atoms with E-state index in [1.807, 2.05) is 38.2 Å². The Bertz CT molecular complexity index is 1300. The molecule has 2 atom stereocenters. The van der Waals surface area contributed by atoms with Crippen molar-refractivity contribution in [3.8, 4) is 11.5 Å². The third kappa shape index (κ3) is 3.63. The summed E-state index contributed by atoms with van der Waals surface area (Å²) in [5, 5.41) is 11.2. The fraction of sp³-hybridized carbons (Fsp3) is 0.407. The summed E-state index contributed by atoms with van der Waals surface area (Å²) in [6.07, 6.45) is 1.12. The highest BCUT2D eigenvalue weighted by Crippen LogP contribution is 2.49. The van der Waals surface area contributed by atoms with Crippen molar-refractivity contribution in [2.75, 3.05) is 33.8 Å². The molecule has 2 aliphatic heterocycles. The molecule has 0 saturated carbocycles. The van der Waals surface area contributed by atoms with E-state index in [9.17, 15) is 14.7 Å². The lowest BCUT2D eigenvalue weighted by atomic mass is 9.81. The smallest absolute Gasteiger partial charge is 0.328 e. The van der Waals surface area contributed by atoms with Crippen LogP contribution in [0.2, 0.25) is 0 Å². The van der Waals surface area contributed by atoms with E-state index in [1.165, 1.54) is 4.90 Å². The number of aromatic amines is 1. The summed E-state index contributed by atoms with van der Waals surface area (Å²) in [7, 11) is 3.66. The van der Waals surface area contributed by atoms with Gasteiger partial charge in [-0.2, -0.15) is 0 Å². The van der Waals surface area contributed by atoms with E-state index in [4.69, 9.17) is 4.74 Å². The second kappa shape index (κ2) is 8.61. The Kier molecular flexibility index (Phi) is 5.71. The number of carbonyl (C=O) groups is 2. The SMILES string of the molecule is CCN(C)CCCN1C(=O)N2C(c3cccc(O)c3)c3[nH]c4ccc(OC)cc4c3CC2(C)C1=O. The fourth-order valence-electron chi connectivity index (χ4n) is 5.51. The van der Waals surface area contributed by atoms with Gasteiger partial charge in [0.2, 0.25) is 0 Å². The maximum absolute atomic E-state index is 13.8. The van der Waals surface area contributed by atoms with Crippen LogP contribution in [0, 0.1) is 0 Å². The molecular weight excluding hydrogens is 444 g/mol. The number of aromatic hydroxyl groups is 1. The van der Waals surface area contributed by atoms with Crippen molar-refractivity contribution < 1.29 is 19.4 Å². The van der Waals surface area contributed by atoms with E-state index < -0.39 is 11.6 Å². The first-order chi connectivity index (χ1) is 16.8. The minimum Gasteiger partial charge on any atom is -0.508 e. The summed E-state index contributed by atoms with van der Waals surface area (Å²) in [6, 6.07) is 11.9. The highest BCUT2D eigenvalue weighted by atomic mass is 16.5. The lowest BCUT2D eigenvalue weighted by Gasteiger charge is -2.42. The third-order valence-corrected chi connectivity index (χ3v) is 7.52. The number of urea groups is 1. The predicted octanol–water partition coefficient (Wildman–Crippen LogP) is 3.89. The molecule has 1 fully saturated rings. The number of hydrogen-bond donors (Lipinski definition) is 2. The van der Waals surface area contributed by atoms with E-state index >= 15 is 0 Å². The van der Waals surface area contributed by atoms with Crippen molar-refractivity contribution >= 4 is 22.8 Å². The number of fused-ring (bicyclic) bond motifs is 4. The zero-order chi connectivity index (χ0) is 24.9. The number of rotatable bonds is 7. The number of benzene rings is 2. The first kappa shape index (κ1) is 23.2. The van der Waals surface area contributed by atoms with Crippen LogP contribution in [-0.2, 0) is 11.2 Å². The predicted molar refractivity (Wildman–Crippen MR) is 134 cm³/mol. The average Bonchev–Trinajstić information content (AvgIpc) is 3.29. The van der Waals surface area contributed by atoms with Crippen LogP contribution in [0.25, 0.3) is 10.9 Å². The minimum absolute atomic E-state index is 0.117. The van der Waals surface area contributed by atoms with Crippen molar-refractivity contribution in [3.63, 3.8) is 0 Å². The lowest BCUT2D eigenvalue weighted by molar-refractivity contribution is -0.133. The third-order valence-electron chi connectivity index (χ3n) is 7.52. The number of H-pyrrole nitrogens is 1. The molecule has 35 heavy (non-hydrogen) atoms. The molecule has 0 bridgehead atoms. The summed E-state index contributed by atoms with van der Waals surface area (Å²) >= 11 is 0. The van der Waals surface area contributed by atoms with E-state index in [0.717, 1.165) is 46.6 Å². The molecule has 2 unspecified atom stereocenters. The van der Waals surface area contributed by atoms with E-state index in [-0.39, 0.29) is 17.7 Å². The average molecular weight is 477 g/mol. The van der Waals surface area contributed by atoms with Gasteiger partial charge in [0.15, 0.2) is 0 Å². The number of methoxy groups -OCH3 is 1. The Hall–Kier alpha value is -3.52. The standard InChI is InChI=1S/C27H32N4O4/c1-5-29(3)12-7-13-30-25(33)27(2)16-21-20-15-19(35-4)10-11-22(20)28-23(21)24(31(27)26(30)34)17-8-6-9-18(32)14-17/h6,8-11,14-15,24,28,32H,5,7,12-13,16H2,1-4H3. The maximum atomic E-state index is 13.8. The molecule has 3 heterocycles. The monoisotopic (exact) mass is 476 g/mol. The minimum atomic E-state index is -1.03. The molecule has 1 saturated heterocycles. The van der Waals surface area contributed by atoms with Gasteiger partial charge in [0.25, 0.3) is 5.91 Å². The van der Waals surface area contributed by atoms with Crippen molar-refractivity contribution in [2.45, 2.75) is 38.3 Å². The Labute approximate surface area is 205 Å². The van der Waals surface area contributed by atoms with Crippen molar-refractivity contribution in [1.29, 1.82) is 0 Å². The Morgan fingerprint density at radius 3 is 2.74 bits per heavy atom. The van der Waals surface area contributed by atoms with Gasteiger partial charge in [0, 0.05) is 29.6 Å². The Balaban J connectivity index is 1.63. The number of imide groups is 1. The van der Waals surface area contributed by atoms with E-state index in [2.05, 4.69) is 16.8 Å². The molecular formula is C27H32N4O4. The first-order valence-corrected chi connectivity index (χ1v) is 12.1. The summed E-state index contributed by atoms with van der Waals surface area (Å²) in [5.74, 6) is 0.678.